The van der Waals surface area contributed by atoms with Gasteiger partial charge in [-0.15, -0.1) is 0 Å². The van der Waals surface area contributed by atoms with E-state index in [1.54, 1.807) is 25.3 Å². The molecule has 0 aliphatic rings. The van der Waals surface area contributed by atoms with E-state index in [0.29, 0.717) is 16.3 Å². The van der Waals surface area contributed by atoms with Crippen LogP contribution in [0.2, 0.25) is 5.02 Å². The number of nitrogens with zero attached hydrogens (tertiary/aromatic N) is 1. The molecule has 1 aromatic heterocycles. The van der Waals surface area contributed by atoms with Crippen LogP contribution < -0.4 is 11.0 Å². The first-order valence-corrected chi connectivity index (χ1v) is 7.83. The Balaban J connectivity index is 2.39. The minimum atomic E-state index is -0.229. The number of hydrogen-bond donors (Lipinski definition) is 2. The van der Waals surface area contributed by atoms with Crippen molar-refractivity contribution in [3.63, 3.8) is 0 Å². The van der Waals surface area contributed by atoms with E-state index in [-0.39, 0.29) is 5.56 Å². The van der Waals surface area contributed by atoms with Crippen LogP contribution in [0.1, 0.15) is 12.5 Å². The summed E-state index contributed by atoms with van der Waals surface area (Å²) in [5.41, 5.74) is 5.85. The van der Waals surface area contributed by atoms with Crippen LogP contribution in [0, 0.1) is 0 Å². The molecule has 0 aliphatic carbocycles. The van der Waals surface area contributed by atoms with Crippen molar-refractivity contribution in [1.82, 2.24) is 10.4 Å². The van der Waals surface area contributed by atoms with Crippen LogP contribution in [-0.4, -0.2) is 11.2 Å². The van der Waals surface area contributed by atoms with Gasteiger partial charge in [-0.05, 0) is 30.7 Å². The summed E-state index contributed by atoms with van der Waals surface area (Å²) in [5, 5.41) is 5.42. The maximum absolute atomic E-state index is 12.7. The van der Waals surface area contributed by atoms with Gasteiger partial charge in [-0.3, -0.25) is 10.2 Å². The van der Waals surface area contributed by atoms with Gasteiger partial charge in [0, 0.05) is 27.7 Å². The van der Waals surface area contributed by atoms with Crippen molar-refractivity contribution in [2.45, 2.75) is 6.92 Å². The lowest BCUT2D eigenvalue weighted by Crippen LogP contribution is -2.18. The van der Waals surface area contributed by atoms with Crippen molar-refractivity contribution in [2.24, 2.45) is 5.10 Å². The molecule has 0 aliphatic heterocycles. The Morgan fingerprint density at radius 3 is 2.71 bits per heavy atom. The van der Waals surface area contributed by atoms with Crippen molar-refractivity contribution < 1.29 is 0 Å². The number of hydrogen-bond acceptors (Lipinski definition) is 3. The van der Waals surface area contributed by atoms with E-state index < -0.39 is 0 Å². The van der Waals surface area contributed by atoms with Crippen LogP contribution in [0.5, 0.6) is 0 Å². The first-order chi connectivity index (χ1) is 11.6. The largest absolute Gasteiger partial charge is 0.321 e. The molecule has 3 aromatic rings. The quantitative estimate of drug-likeness (QED) is 0.547. The van der Waals surface area contributed by atoms with Gasteiger partial charge < -0.3 is 4.98 Å². The maximum atomic E-state index is 12.7. The predicted octanol–water partition coefficient (Wildman–Crippen LogP) is 4.41. The molecule has 3 rings (SSSR count). The summed E-state index contributed by atoms with van der Waals surface area (Å²) < 4.78 is 0. The van der Waals surface area contributed by atoms with Crippen molar-refractivity contribution in [3.05, 3.63) is 76.0 Å². The van der Waals surface area contributed by atoms with Crippen LogP contribution >= 0.6 is 11.6 Å². The highest BCUT2D eigenvalue weighted by molar-refractivity contribution is 6.31. The number of hydrazone groups is 1. The fourth-order valence-corrected chi connectivity index (χ4v) is 2.83. The second kappa shape index (κ2) is 6.72. The lowest BCUT2D eigenvalue weighted by atomic mass is 9.95. The van der Waals surface area contributed by atoms with Crippen LogP contribution in [-0.2, 0) is 0 Å². The second-order valence-electron chi connectivity index (χ2n) is 5.24. The average molecular weight is 338 g/mol. The molecule has 5 heteroatoms. The van der Waals surface area contributed by atoms with Gasteiger partial charge in [-0.2, -0.15) is 5.10 Å². The number of aromatic amines is 1. The number of nitrogens with one attached hydrogen (secondary N) is 2. The first kappa shape index (κ1) is 16.0. The Morgan fingerprint density at radius 2 is 2.00 bits per heavy atom. The van der Waals surface area contributed by atoms with E-state index in [1.165, 1.54) is 0 Å². The zero-order chi connectivity index (χ0) is 17.1. The highest BCUT2D eigenvalue weighted by Gasteiger charge is 2.17. The molecule has 24 heavy (non-hydrogen) atoms. The van der Waals surface area contributed by atoms with Crippen LogP contribution in [0.4, 0.5) is 0 Å². The van der Waals surface area contributed by atoms with E-state index >= 15 is 0 Å². The van der Waals surface area contributed by atoms with Crippen molar-refractivity contribution >= 4 is 34.4 Å². The SMILES string of the molecule is C=C(N/N=C/C)c1c(-c2ccccc2)c2cc(Cl)ccc2[nH]c1=O. The molecule has 0 amide bonds. The average Bonchev–Trinajstić information content (AvgIpc) is 2.59. The molecular weight excluding hydrogens is 322 g/mol. The number of benzene rings is 2. The van der Waals surface area contributed by atoms with Crippen molar-refractivity contribution in [3.8, 4) is 11.1 Å². The highest BCUT2D eigenvalue weighted by Crippen LogP contribution is 2.33. The molecule has 0 atom stereocenters. The number of rotatable bonds is 4. The van der Waals surface area contributed by atoms with Gasteiger partial charge in [-0.1, -0.05) is 48.5 Å². The second-order valence-corrected chi connectivity index (χ2v) is 5.67. The smallest absolute Gasteiger partial charge is 0.258 e. The van der Waals surface area contributed by atoms with E-state index in [1.807, 2.05) is 36.4 Å². The minimum Gasteiger partial charge on any atom is -0.321 e. The summed E-state index contributed by atoms with van der Waals surface area (Å²) in [6.45, 7) is 5.74. The zero-order valence-electron chi connectivity index (χ0n) is 13.1. The molecule has 0 radical (unpaired) electrons. The third-order valence-corrected chi connectivity index (χ3v) is 3.90. The van der Waals surface area contributed by atoms with Gasteiger partial charge in [0.1, 0.15) is 0 Å². The summed E-state index contributed by atoms with van der Waals surface area (Å²) in [4.78, 5) is 15.6. The summed E-state index contributed by atoms with van der Waals surface area (Å²) in [7, 11) is 0. The number of aromatic nitrogens is 1. The Bertz CT molecular complexity index is 991. The number of fused-ring (bicyclic) bond motifs is 1. The van der Waals surface area contributed by atoms with Gasteiger partial charge in [0.25, 0.3) is 5.56 Å². The van der Waals surface area contributed by atoms with Gasteiger partial charge >= 0.3 is 0 Å². The summed E-state index contributed by atoms with van der Waals surface area (Å²) in [5.74, 6) is 0. The topological polar surface area (TPSA) is 57.2 Å². The van der Waals surface area contributed by atoms with E-state index in [9.17, 15) is 4.79 Å². The Labute approximate surface area is 144 Å². The molecule has 0 saturated heterocycles. The van der Waals surface area contributed by atoms with Crippen LogP contribution in [0.25, 0.3) is 27.7 Å². The molecule has 2 N–H and O–H groups in total. The minimum absolute atomic E-state index is 0.229. The molecule has 2 aromatic carbocycles. The van der Waals surface area contributed by atoms with Gasteiger partial charge in [0.15, 0.2) is 0 Å². The maximum Gasteiger partial charge on any atom is 0.258 e. The van der Waals surface area contributed by atoms with Gasteiger partial charge in [-0.25, -0.2) is 0 Å². The molecule has 4 nitrogen and oxygen atoms in total. The predicted molar refractivity (Wildman–Crippen MR) is 101 cm³/mol. The molecule has 0 spiro atoms. The third-order valence-electron chi connectivity index (χ3n) is 3.67. The number of halogens is 1. The van der Waals surface area contributed by atoms with Crippen LogP contribution in [0.3, 0.4) is 0 Å². The number of H-pyrrole nitrogens is 1. The van der Waals surface area contributed by atoms with Crippen LogP contribution in [0.15, 0.2) is 65.0 Å². The Hall–Kier alpha value is -2.85. The molecule has 120 valence electrons. The monoisotopic (exact) mass is 337 g/mol. The standard InChI is InChI=1S/C19H16ClN3O/c1-3-21-23-12(2)17-18(13-7-5-4-6-8-13)15-11-14(20)9-10-16(15)22-19(17)24/h3-11,23H,2H2,1H3,(H,22,24)/b21-3+. The highest BCUT2D eigenvalue weighted by atomic mass is 35.5. The normalized spacial score (nSPS) is 11.1. The summed E-state index contributed by atoms with van der Waals surface area (Å²) >= 11 is 6.18. The van der Waals surface area contributed by atoms with Gasteiger partial charge in [0.2, 0.25) is 0 Å². The van der Waals surface area contributed by atoms with Crippen molar-refractivity contribution in [2.75, 3.05) is 0 Å². The molecule has 0 fully saturated rings. The summed E-state index contributed by atoms with van der Waals surface area (Å²) in [6.07, 6.45) is 1.60. The molecule has 1 heterocycles. The Morgan fingerprint density at radius 1 is 1.25 bits per heavy atom. The fourth-order valence-electron chi connectivity index (χ4n) is 2.66. The summed E-state index contributed by atoms with van der Waals surface area (Å²) in [6, 6.07) is 15.1. The molecular formula is C19H16ClN3O. The Kier molecular flexibility index (Phi) is 4.49. The molecule has 0 bridgehead atoms. The van der Waals surface area contributed by atoms with E-state index in [4.69, 9.17) is 11.6 Å². The van der Waals surface area contributed by atoms with Crippen molar-refractivity contribution in [1.29, 1.82) is 0 Å². The van der Waals surface area contributed by atoms with E-state index in [2.05, 4.69) is 22.1 Å². The zero-order valence-corrected chi connectivity index (χ0v) is 13.9. The van der Waals surface area contributed by atoms with Gasteiger partial charge in [0.05, 0.1) is 11.3 Å². The number of pyridine rings is 1. The third kappa shape index (κ3) is 2.96. The molecule has 0 unspecified atom stereocenters. The lowest BCUT2D eigenvalue weighted by molar-refractivity contribution is 0.995. The fraction of sp³-hybridized carbons (Fsp3) is 0.0526. The lowest BCUT2D eigenvalue weighted by Gasteiger charge is -2.14. The molecule has 0 saturated carbocycles. The first-order valence-electron chi connectivity index (χ1n) is 7.45. The van der Waals surface area contributed by atoms with E-state index in [0.717, 1.165) is 22.0 Å².